The van der Waals surface area contributed by atoms with Crippen molar-refractivity contribution in [1.82, 2.24) is 15.5 Å². The normalized spacial score (nSPS) is 16.4. The number of hydrogen-bond donors (Lipinski definition) is 2. The van der Waals surface area contributed by atoms with Crippen LogP contribution in [-0.2, 0) is 0 Å². The second-order valence-electron chi connectivity index (χ2n) is 7.12. The molecule has 2 aromatic rings. The minimum absolute atomic E-state index is 0. The lowest BCUT2D eigenvalue weighted by Gasteiger charge is -2.21. The standard InChI is InChI=1S/C22H30N4O2.HI/c1-3-23-22(26-14-10-19(16-26)18-8-5-4-6-9-18)25-13-7-12-24-21(27)20-17(2)11-15-28-20;/h4-6,8-9,11,15,19H,3,7,10,12-14,16H2,1-2H3,(H,23,25)(H,24,27);1H. The van der Waals surface area contributed by atoms with Gasteiger partial charge in [0.25, 0.3) is 5.91 Å². The zero-order valence-corrected chi connectivity index (χ0v) is 19.5. The van der Waals surface area contributed by atoms with Crippen LogP contribution in [-0.4, -0.2) is 49.5 Å². The van der Waals surface area contributed by atoms with E-state index in [0.29, 0.717) is 24.8 Å². The van der Waals surface area contributed by atoms with Crippen LogP contribution < -0.4 is 10.6 Å². The number of rotatable bonds is 7. The molecule has 1 fully saturated rings. The molecule has 1 aromatic carbocycles. The topological polar surface area (TPSA) is 69.9 Å². The maximum absolute atomic E-state index is 12.0. The molecule has 1 aliphatic heterocycles. The minimum Gasteiger partial charge on any atom is -0.459 e. The Bertz CT molecular complexity index is 791. The molecule has 0 radical (unpaired) electrons. The molecule has 2 N–H and O–H groups in total. The Morgan fingerprint density at radius 2 is 2.03 bits per heavy atom. The first-order chi connectivity index (χ1) is 13.7. The van der Waals surface area contributed by atoms with E-state index < -0.39 is 0 Å². The summed E-state index contributed by atoms with van der Waals surface area (Å²) in [6.45, 7) is 8.06. The fraction of sp³-hybridized carbons (Fsp3) is 0.455. The van der Waals surface area contributed by atoms with Crippen LogP contribution in [0.15, 0.2) is 52.1 Å². The number of hydrogen-bond acceptors (Lipinski definition) is 3. The maximum atomic E-state index is 12.0. The quantitative estimate of drug-likeness (QED) is 0.258. The highest BCUT2D eigenvalue weighted by atomic mass is 127. The van der Waals surface area contributed by atoms with Crippen molar-refractivity contribution in [2.24, 2.45) is 4.99 Å². The Hall–Kier alpha value is -2.03. The summed E-state index contributed by atoms with van der Waals surface area (Å²) < 4.78 is 5.21. The van der Waals surface area contributed by atoms with Gasteiger partial charge in [0.1, 0.15) is 0 Å². The number of aryl methyl sites for hydroxylation is 1. The molecule has 0 spiro atoms. The molecule has 0 saturated carbocycles. The van der Waals surface area contributed by atoms with Gasteiger partial charge in [0.15, 0.2) is 11.7 Å². The van der Waals surface area contributed by atoms with Crippen LogP contribution in [0.2, 0.25) is 0 Å². The highest BCUT2D eigenvalue weighted by Gasteiger charge is 2.25. The van der Waals surface area contributed by atoms with E-state index in [-0.39, 0.29) is 29.9 Å². The van der Waals surface area contributed by atoms with Crippen molar-refractivity contribution in [2.75, 3.05) is 32.7 Å². The van der Waals surface area contributed by atoms with Crippen molar-refractivity contribution in [2.45, 2.75) is 32.6 Å². The lowest BCUT2D eigenvalue weighted by atomic mass is 9.99. The molecule has 3 rings (SSSR count). The molecule has 1 unspecified atom stereocenters. The number of benzene rings is 1. The van der Waals surface area contributed by atoms with Crippen LogP contribution in [0, 0.1) is 6.92 Å². The minimum atomic E-state index is -0.163. The zero-order valence-electron chi connectivity index (χ0n) is 17.2. The first kappa shape index (κ1) is 23.3. The second-order valence-corrected chi connectivity index (χ2v) is 7.12. The number of carbonyl (C=O) groups is 1. The lowest BCUT2D eigenvalue weighted by Crippen LogP contribution is -2.40. The highest BCUT2D eigenvalue weighted by molar-refractivity contribution is 14.0. The predicted octanol–water partition coefficient (Wildman–Crippen LogP) is 3.78. The largest absolute Gasteiger partial charge is 0.459 e. The number of amides is 1. The Kier molecular flexibility index (Phi) is 9.50. The van der Waals surface area contributed by atoms with Crippen molar-refractivity contribution in [3.05, 3.63) is 59.5 Å². The number of aliphatic imine (C=N–C) groups is 1. The summed E-state index contributed by atoms with van der Waals surface area (Å²) in [7, 11) is 0. The molecule has 29 heavy (non-hydrogen) atoms. The van der Waals surface area contributed by atoms with Crippen molar-refractivity contribution in [3.63, 3.8) is 0 Å². The average molecular weight is 510 g/mol. The van der Waals surface area contributed by atoms with Crippen LogP contribution in [0.1, 0.15) is 47.4 Å². The van der Waals surface area contributed by atoms with E-state index in [1.165, 1.54) is 11.8 Å². The van der Waals surface area contributed by atoms with E-state index >= 15 is 0 Å². The van der Waals surface area contributed by atoms with Crippen molar-refractivity contribution in [1.29, 1.82) is 0 Å². The third kappa shape index (κ3) is 6.48. The molecule has 0 aliphatic carbocycles. The van der Waals surface area contributed by atoms with Gasteiger partial charge >= 0.3 is 0 Å². The smallest absolute Gasteiger partial charge is 0.287 e. The van der Waals surface area contributed by atoms with Gasteiger partial charge in [-0.25, -0.2) is 0 Å². The Morgan fingerprint density at radius 3 is 2.72 bits per heavy atom. The van der Waals surface area contributed by atoms with Gasteiger partial charge in [-0.3, -0.25) is 9.79 Å². The van der Waals surface area contributed by atoms with Crippen LogP contribution >= 0.6 is 24.0 Å². The Balaban J connectivity index is 0.00000300. The summed E-state index contributed by atoms with van der Waals surface area (Å²) in [4.78, 5) is 19.1. The molecule has 158 valence electrons. The van der Waals surface area contributed by atoms with Gasteiger partial charge < -0.3 is 20.0 Å². The molecular formula is C22H31IN4O2. The number of guanidine groups is 1. The fourth-order valence-electron chi connectivity index (χ4n) is 3.53. The monoisotopic (exact) mass is 510 g/mol. The average Bonchev–Trinajstić information content (AvgIpc) is 3.37. The molecule has 1 aromatic heterocycles. The summed E-state index contributed by atoms with van der Waals surface area (Å²) in [5.74, 6) is 1.75. The number of carbonyl (C=O) groups excluding carboxylic acids is 1. The Morgan fingerprint density at radius 1 is 1.24 bits per heavy atom. The predicted molar refractivity (Wildman–Crippen MR) is 127 cm³/mol. The fourth-order valence-corrected chi connectivity index (χ4v) is 3.53. The van der Waals surface area contributed by atoms with Gasteiger partial charge in [0, 0.05) is 44.2 Å². The van der Waals surface area contributed by atoms with Gasteiger partial charge in [-0.2, -0.15) is 0 Å². The summed E-state index contributed by atoms with van der Waals surface area (Å²) in [5, 5.41) is 6.29. The highest BCUT2D eigenvalue weighted by Crippen LogP contribution is 2.26. The second kappa shape index (κ2) is 11.8. The number of furan rings is 1. The van der Waals surface area contributed by atoms with Gasteiger partial charge in [0.05, 0.1) is 6.26 Å². The molecule has 1 amide bonds. The van der Waals surface area contributed by atoms with E-state index in [1.54, 1.807) is 6.07 Å². The van der Waals surface area contributed by atoms with E-state index in [9.17, 15) is 4.79 Å². The molecule has 2 heterocycles. The van der Waals surface area contributed by atoms with E-state index in [1.807, 2.05) is 6.92 Å². The van der Waals surface area contributed by atoms with Gasteiger partial charge in [-0.15, -0.1) is 24.0 Å². The van der Waals surface area contributed by atoms with Crippen LogP contribution in [0.25, 0.3) is 0 Å². The van der Waals surface area contributed by atoms with E-state index in [2.05, 4.69) is 52.8 Å². The number of halogens is 1. The lowest BCUT2D eigenvalue weighted by molar-refractivity contribution is 0.0925. The molecular weight excluding hydrogens is 479 g/mol. The summed E-state index contributed by atoms with van der Waals surface area (Å²) in [6.07, 6.45) is 3.47. The first-order valence-electron chi connectivity index (χ1n) is 10.1. The van der Waals surface area contributed by atoms with Gasteiger partial charge in [-0.1, -0.05) is 30.3 Å². The third-order valence-corrected chi connectivity index (χ3v) is 5.04. The van der Waals surface area contributed by atoms with Crippen LogP contribution in [0.4, 0.5) is 0 Å². The maximum Gasteiger partial charge on any atom is 0.287 e. The number of likely N-dealkylation sites (tertiary alicyclic amines) is 1. The molecule has 7 heteroatoms. The van der Waals surface area contributed by atoms with Gasteiger partial charge in [0.2, 0.25) is 0 Å². The third-order valence-electron chi connectivity index (χ3n) is 5.04. The van der Waals surface area contributed by atoms with E-state index in [0.717, 1.165) is 44.0 Å². The number of nitrogens with zero attached hydrogens (tertiary/aromatic N) is 2. The van der Waals surface area contributed by atoms with E-state index in [4.69, 9.17) is 9.41 Å². The van der Waals surface area contributed by atoms with Crippen LogP contribution in [0.5, 0.6) is 0 Å². The SMILES string of the molecule is CCNC(=NCCCNC(=O)c1occc1C)N1CCC(c2ccccc2)C1.I. The molecule has 0 bridgehead atoms. The molecule has 1 atom stereocenters. The van der Waals surface area contributed by atoms with Crippen molar-refractivity contribution >= 4 is 35.8 Å². The van der Waals surface area contributed by atoms with Gasteiger partial charge in [-0.05, 0) is 38.3 Å². The van der Waals surface area contributed by atoms with Crippen molar-refractivity contribution in [3.8, 4) is 0 Å². The summed E-state index contributed by atoms with van der Waals surface area (Å²) in [6, 6.07) is 12.5. The van der Waals surface area contributed by atoms with Crippen LogP contribution in [0.3, 0.4) is 0 Å². The molecule has 1 aliphatic rings. The first-order valence-corrected chi connectivity index (χ1v) is 10.1. The number of nitrogens with one attached hydrogen (secondary N) is 2. The summed E-state index contributed by atoms with van der Waals surface area (Å²) >= 11 is 0. The molecule has 6 nitrogen and oxygen atoms in total. The Labute approximate surface area is 190 Å². The van der Waals surface area contributed by atoms with Crippen molar-refractivity contribution < 1.29 is 9.21 Å². The zero-order chi connectivity index (χ0) is 19.8. The summed E-state index contributed by atoms with van der Waals surface area (Å²) in [5.41, 5.74) is 2.25. The molecule has 1 saturated heterocycles.